The molecule has 34 heavy (non-hydrogen) atoms. The van der Waals surface area contributed by atoms with Gasteiger partial charge >= 0.3 is 0 Å². The zero-order valence-electron chi connectivity index (χ0n) is 19.3. The van der Waals surface area contributed by atoms with Crippen LogP contribution in [0.5, 0.6) is 0 Å². The van der Waals surface area contributed by atoms with Crippen molar-refractivity contribution in [3.8, 4) is 0 Å². The van der Waals surface area contributed by atoms with Crippen LogP contribution in [0.3, 0.4) is 0 Å². The van der Waals surface area contributed by atoms with Gasteiger partial charge in [-0.3, -0.25) is 4.79 Å². The van der Waals surface area contributed by atoms with Crippen LogP contribution in [0.15, 0.2) is 47.4 Å². The minimum Gasteiger partial charge on any atom is -0.397 e. The lowest BCUT2D eigenvalue weighted by Crippen LogP contribution is -2.16. The summed E-state index contributed by atoms with van der Waals surface area (Å²) in [4.78, 5) is 27.1. The summed E-state index contributed by atoms with van der Waals surface area (Å²) >= 11 is 1.25. The lowest BCUT2D eigenvalue weighted by atomic mass is 10.1. The van der Waals surface area contributed by atoms with Crippen molar-refractivity contribution >= 4 is 49.0 Å². The molecular weight excluding hydrogens is 470 g/mol. The van der Waals surface area contributed by atoms with Crippen LogP contribution in [0.2, 0.25) is 0 Å². The van der Waals surface area contributed by atoms with Crippen LogP contribution >= 0.6 is 11.3 Å². The Labute approximate surface area is 202 Å². The highest BCUT2D eigenvalue weighted by Gasteiger charge is 2.21. The van der Waals surface area contributed by atoms with Crippen LogP contribution in [-0.4, -0.2) is 29.2 Å². The number of nitrogens with one attached hydrogen (secondary N) is 1. The second-order valence-corrected chi connectivity index (χ2v) is 11.2. The first-order valence-corrected chi connectivity index (χ1v) is 13.0. The van der Waals surface area contributed by atoms with E-state index >= 15 is 0 Å². The predicted molar refractivity (Wildman–Crippen MR) is 135 cm³/mol. The largest absolute Gasteiger partial charge is 0.397 e. The molecule has 0 amide bonds. The molecule has 0 aliphatic rings. The third kappa shape index (κ3) is 4.92. The van der Waals surface area contributed by atoms with Crippen LogP contribution in [0, 0.1) is 19.8 Å². The molecule has 4 aromatic rings. The number of benzene rings is 1. The fraction of sp³-hybridized carbons (Fsp3) is 0.250. The zero-order chi connectivity index (χ0) is 24.6. The summed E-state index contributed by atoms with van der Waals surface area (Å²) in [6.07, 6.45) is 0.841. The van der Waals surface area contributed by atoms with Gasteiger partial charge in [0.15, 0.2) is 0 Å². The maximum Gasteiger partial charge on any atom is 0.264 e. The standard InChI is InChI=1S/C24H25N5O3S2/c1-13(2)11-17-7-10-19-20(25)22(33-23(19)28-17)21(30)16-5-8-18(9-6-16)34(31,32)29-24-26-14(3)12-15(4)27-24/h5-10,12-13H,11,25H2,1-4H3,(H,26,27,29). The summed E-state index contributed by atoms with van der Waals surface area (Å²) in [5.41, 5.74) is 9.25. The van der Waals surface area contributed by atoms with Gasteiger partial charge in [-0.1, -0.05) is 13.8 Å². The van der Waals surface area contributed by atoms with Gasteiger partial charge in [0.1, 0.15) is 9.71 Å². The zero-order valence-corrected chi connectivity index (χ0v) is 20.9. The molecule has 3 heterocycles. The molecule has 0 saturated carbocycles. The van der Waals surface area contributed by atoms with Crippen LogP contribution in [-0.2, 0) is 16.4 Å². The van der Waals surface area contributed by atoms with Gasteiger partial charge in [0.25, 0.3) is 10.0 Å². The highest BCUT2D eigenvalue weighted by atomic mass is 32.2. The van der Waals surface area contributed by atoms with E-state index in [-0.39, 0.29) is 16.6 Å². The molecule has 0 aliphatic heterocycles. The molecule has 4 rings (SSSR count). The Bertz CT molecular complexity index is 1470. The summed E-state index contributed by atoms with van der Waals surface area (Å²) in [5, 5.41) is 0.748. The van der Waals surface area contributed by atoms with Crippen molar-refractivity contribution in [2.45, 2.75) is 39.0 Å². The fourth-order valence-electron chi connectivity index (χ4n) is 3.60. The number of fused-ring (bicyclic) bond motifs is 1. The number of carbonyl (C=O) groups excluding carboxylic acids is 1. The predicted octanol–water partition coefficient (Wildman–Crippen LogP) is 4.52. The number of carbonyl (C=O) groups is 1. The van der Waals surface area contributed by atoms with Gasteiger partial charge in [-0.25, -0.2) is 28.1 Å². The minimum absolute atomic E-state index is 0.0000353. The van der Waals surface area contributed by atoms with E-state index in [1.54, 1.807) is 19.9 Å². The van der Waals surface area contributed by atoms with Crippen LogP contribution < -0.4 is 10.5 Å². The Morgan fingerprint density at radius 3 is 2.29 bits per heavy atom. The lowest BCUT2D eigenvalue weighted by Gasteiger charge is -2.08. The summed E-state index contributed by atoms with van der Waals surface area (Å²) in [5.74, 6) is 0.189. The Kier molecular flexibility index (Phi) is 6.37. The molecule has 176 valence electrons. The number of nitrogens with two attached hydrogens (primary N) is 1. The first-order chi connectivity index (χ1) is 16.0. The van der Waals surface area contributed by atoms with E-state index < -0.39 is 10.0 Å². The van der Waals surface area contributed by atoms with E-state index in [4.69, 9.17) is 5.73 Å². The summed E-state index contributed by atoms with van der Waals surface area (Å²) in [7, 11) is -3.92. The number of aromatic nitrogens is 3. The van der Waals surface area contributed by atoms with Gasteiger partial charge in [-0.05, 0) is 68.7 Å². The first kappa shape index (κ1) is 23.8. The highest BCUT2D eigenvalue weighted by molar-refractivity contribution is 7.92. The molecule has 8 nitrogen and oxygen atoms in total. The molecule has 0 spiro atoms. The van der Waals surface area contributed by atoms with Crippen LogP contribution in [0.1, 0.15) is 46.2 Å². The molecule has 0 fully saturated rings. The van der Waals surface area contributed by atoms with Crippen molar-refractivity contribution in [2.24, 2.45) is 5.92 Å². The second kappa shape index (κ2) is 9.11. The Morgan fingerprint density at radius 1 is 1.03 bits per heavy atom. The molecule has 0 radical (unpaired) electrons. The number of thiophene rings is 1. The summed E-state index contributed by atoms with van der Waals surface area (Å²) in [6.45, 7) is 7.76. The van der Waals surface area contributed by atoms with Crippen molar-refractivity contribution in [3.05, 3.63) is 70.0 Å². The Morgan fingerprint density at radius 2 is 1.68 bits per heavy atom. The van der Waals surface area contributed by atoms with E-state index in [1.165, 1.54) is 35.6 Å². The quantitative estimate of drug-likeness (QED) is 0.361. The first-order valence-electron chi connectivity index (χ1n) is 10.7. The average molecular weight is 496 g/mol. The maximum atomic E-state index is 13.1. The number of rotatable bonds is 7. The monoisotopic (exact) mass is 495 g/mol. The van der Waals surface area contributed by atoms with Crippen molar-refractivity contribution in [1.82, 2.24) is 15.0 Å². The number of anilines is 2. The molecule has 0 atom stereocenters. The van der Waals surface area contributed by atoms with Gasteiger partial charge < -0.3 is 5.73 Å². The van der Waals surface area contributed by atoms with E-state index in [2.05, 4.69) is 33.5 Å². The van der Waals surface area contributed by atoms with Crippen molar-refractivity contribution in [3.63, 3.8) is 0 Å². The van der Waals surface area contributed by atoms with Gasteiger partial charge in [0.2, 0.25) is 11.7 Å². The van der Waals surface area contributed by atoms with E-state index in [9.17, 15) is 13.2 Å². The summed E-state index contributed by atoms with van der Waals surface area (Å²) < 4.78 is 27.9. The fourth-order valence-corrected chi connectivity index (χ4v) is 5.62. The lowest BCUT2D eigenvalue weighted by molar-refractivity contribution is 0.104. The van der Waals surface area contributed by atoms with E-state index in [0.29, 0.717) is 33.4 Å². The van der Waals surface area contributed by atoms with Crippen LogP contribution in [0.25, 0.3) is 10.2 Å². The number of hydrogen-bond donors (Lipinski definition) is 2. The average Bonchev–Trinajstić information content (AvgIpc) is 3.07. The van der Waals surface area contributed by atoms with Gasteiger partial charge in [-0.15, -0.1) is 11.3 Å². The van der Waals surface area contributed by atoms with E-state index in [1.807, 2.05) is 12.1 Å². The molecule has 0 bridgehead atoms. The third-order valence-electron chi connectivity index (χ3n) is 5.11. The maximum absolute atomic E-state index is 13.1. The SMILES string of the molecule is Cc1cc(C)nc(NS(=O)(=O)c2ccc(C(=O)c3sc4nc(CC(C)C)ccc4c3N)cc2)n1. The smallest absolute Gasteiger partial charge is 0.264 e. The number of aryl methyl sites for hydroxylation is 2. The number of pyridine rings is 1. The molecule has 10 heteroatoms. The van der Waals surface area contributed by atoms with Crippen molar-refractivity contribution in [2.75, 3.05) is 10.5 Å². The highest BCUT2D eigenvalue weighted by Crippen LogP contribution is 2.34. The van der Waals surface area contributed by atoms with E-state index in [0.717, 1.165) is 22.3 Å². The number of nitrogen functional groups attached to an aromatic ring is 1. The number of ketones is 1. The van der Waals surface area contributed by atoms with Crippen molar-refractivity contribution < 1.29 is 13.2 Å². The van der Waals surface area contributed by atoms with Gasteiger partial charge in [0, 0.05) is 28.0 Å². The number of sulfonamides is 1. The van der Waals surface area contributed by atoms with Crippen LogP contribution in [0.4, 0.5) is 11.6 Å². The van der Waals surface area contributed by atoms with Gasteiger partial charge in [0.05, 0.1) is 10.6 Å². The Hall–Kier alpha value is -3.37. The Balaban J connectivity index is 1.59. The molecule has 0 aliphatic carbocycles. The molecule has 3 N–H and O–H groups in total. The second-order valence-electron chi connectivity index (χ2n) is 8.53. The van der Waals surface area contributed by atoms with Gasteiger partial charge in [-0.2, -0.15) is 0 Å². The summed E-state index contributed by atoms with van der Waals surface area (Å²) in [6, 6.07) is 11.3. The van der Waals surface area contributed by atoms with Crippen molar-refractivity contribution in [1.29, 1.82) is 0 Å². The topological polar surface area (TPSA) is 128 Å². The third-order valence-corrected chi connectivity index (χ3v) is 7.57. The molecule has 1 aromatic carbocycles. The number of hydrogen-bond acceptors (Lipinski definition) is 8. The molecule has 3 aromatic heterocycles. The number of nitrogens with zero attached hydrogens (tertiary/aromatic N) is 3. The molecule has 0 unspecified atom stereocenters. The molecular formula is C24H25N5O3S2. The normalized spacial score (nSPS) is 11.8. The molecule has 0 saturated heterocycles. The minimum atomic E-state index is -3.92.